The van der Waals surface area contributed by atoms with E-state index in [1.165, 1.54) is 24.8 Å². The highest BCUT2D eigenvalue weighted by atomic mass is 35.5. The summed E-state index contributed by atoms with van der Waals surface area (Å²) in [4.78, 5) is 103. The smallest absolute Gasteiger partial charge is 0.427 e. The molecule has 0 unspecified atom stereocenters. The molecule has 6 aromatic heterocycles. The molecule has 0 spiro atoms. The summed E-state index contributed by atoms with van der Waals surface area (Å²) in [6.07, 6.45) is 3.80. The molecule has 8 rings (SSSR count). The normalized spacial score (nSPS) is 14.5. The molecule has 2 fully saturated rings. The van der Waals surface area contributed by atoms with Crippen LogP contribution in [0.3, 0.4) is 0 Å². The molecule has 2 aliphatic heterocycles. The number of carbonyl (C=O) groups is 4. The number of nitrogens with zero attached hydrogens (tertiary/aromatic N) is 16. The Labute approximate surface area is 476 Å². The Morgan fingerprint density at radius 1 is 0.519 bits per heavy atom. The van der Waals surface area contributed by atoms with E-state index in [2.05, 4.69) is 67.4 Å². The van der Waals surface area contributed by atoms with Crippen LogP contribution in [-0.4, -0.2) is 158 Å². The lowest BCUT2D eigenvalue weighted by atomic mass is 10.2. The minimum atomic E-state index is -0.959. The molecular weight excluding hydrogens is 1070 g/mol. The molecule has 0 bridgehead atoms. The monoisotopic (exact) mass is 1140 g/mol. The molecule has 0 radical (unpaired) electrons. The molecule has 438 valence electrons. The highest BCUT2D eigenvalue weighted by molar-refractivity contribution is 6.29. The number of fused-ring (bicyclic) bond motifs is 2. The van der Waals surface area contributed by atoms with Crippen molar-refractivity contribution in [3.63, 3.8) is 0 Å². The largest absolute Gasteiger partial charge is 0.443 e. The van der Waals surface area contributed by atoms with E-state index in [-0.39, 0.29) is 11.9 Å². The van der Waals surface area contributed by atoms with Crippen molar-refractivity contribution >= 4 is 81.8 Å². The van der Waals surface area contributed by atoms with E-state index in [0.29, 0.717) is 143 Å². The van der Waals surface area contributed by atoms with Crippen molar-refractivity contribution in [2.24, 2.45) is 11.8 Å². The minimum absolute atomic E-state index is 0.188. The number of hydrogen-bond donors (Lipinski definition) is 0. The molecule has 0 aliphatic carbocycles. The predicted octanol–water partition coefficient (Wildman–Crippen LogP) is 9.56. The van der Waals surface area contributed by atoms with E-state index >= 15 is 0 Å². The van der Waals surface area contributed by atoms with Gasteiger partial charge in [-0.3, -0.25) is 4.57 Å². The first-order valence-electron chi connectivity index (χ1n) is 26.8. The van der Waals surface area contributed by atoms with Crippen LogP contribution in [0.4, 0.5) is 42.7 Å². The summed E-state index contributed by atoms with van der Waals surface area (Å²) in [5.74, 6) is 2.36. The average Bonchev–Trinajstić information content (AvgIpc) is 4.19. The van der Waals surface area contributed by atoms with Crippen LogP contribution in [0.5, 0.6) is 0 Å². The fourth-order valence-corrected chi connectivity index (χ4v) is 8.24. The maximum atomic E-state index is 13.0. The van der Waals surface area contributed by atoms with E-state index < -0.39 is 46.8 Å². The Morgan fingerprint density at radius 3 is 1.23 bits per heavy atom. The first-order valence-corrected chi connectivity index (χ1v) is 27.2. The number of carbonyl (C=O) groups excluding carboxylic acids is 4. The lowest BCUT2D eigenvalue weighted by Crippen LogP contribution is -2.44. The van der Waals surface area contributed by atoms with Gasteiger partial charge in [-0.1, -0.05) is 27.7 Å². The highest BCUT2D eigenvalue weighted by Gasteiger charge is 2.37. The van der Waals surface area contributed by atoms with Crippen molar-refractivity contribution in [3.05, 3.63) is 36.4 Å². The first kappa shape index (κ1) is 61.2. The van der Waals surface area contributed by atoms with Gasteiger partial charge < -0.3 is 42.8 Å². The minimum Gasteiger partial charge on any atom is -0.443 e. The van der Waals surface area contributed by atoms with Crippen LogP contribution in [0.25, 0.3) is 45.1 Å². The molecular formula is C54H75ClN16O10. The number of ether oxygens (including phenoxy) is 6. The third-order valence-corrected chi connectivity index (χ3v) is 11.5. The van der Waals surface area contributed by atoms with Gasteiger partial charge >= 0.3 is 24.4 Å². The van der Waals surface area contributed by atoms with Gasteiger partial charge in [0.25, 0.3) is 0 Å². The van der Waals surface area contributed by atoms with E-state index in [9.17, 15) is 19.2 Å². The summed E-state index contributed by atoms with van der Waals surface area (Å²) in [5, 5.41) is 0.326. The summed E-state index contributed by atoms with van der Waals surface area (Å²) in [5.41, 5.74) is 0.136. The van der Waals surface area contributed by atoms with Crippen molar-refractivity contribution in [2.75, 3.05) is 72.2 Å². The van der Waals surface area contributed by atoms with Crippen LogP contribution in [0, 0.1) is 11.8 Å². The fraction of sp³-hybridized carbons (Fsp3) is 0.593. The number of morpholine rings is 2. The maximum absolute atomic E-state index is 13.0. The van der Waals surface area contributed by atoms with Gasteiger partial charge in [0.2, 0.25) is 17.2 Å². The molecule has 0 N–H and O–H groups in total. The molecule has 0 saturated carbocycles. The van der Waals surface area contributed by atoms with Gasteiger partial charge in [0.15, 0.2) is 45.6 Å². The molecule has 2 saturated heterocycles. The van der Waals surface area contributed by atoms with Crippen molar-refractivity contribution in [2.45, 2.75) is 146 Å². The Balaban J connectivity index is 0.000000234. The first-order chi connectivity index (χ1) is 37.8. The molecule has 26 nitrogen and oxygen atoms in total. The lowest BCUT2D eigenvalue weighted by molar-refractivity contribution is 0.0404. The number of imidazole rings is 2. The van der Waals surface area contributed by atoms with Crippen molar-refractivity contribution in [1.29, 1.82) is 0 Å². The zero-order valence-electron chi connectivity index (χ0n) is 49.2. The van der Waals surface area contributed by atoms with Crippen molar-refractivity contribution in [1.82, 2.24) is 59.0 Å². The van der Waals surface area contributed by atoms with Crippen LogP contribution in [-0.2, 0) is 41.5 Å². The van der Waals surface area contributed by atoms with Gasteiger partial charge in [0.1, 0.15) is 22.4 Å². The van der Waals surface area contributed by atoms with Crippen LogP contribution in [0.15, 0.2) is 31.1 Å². The highest BCUT2D eigenvalue weighted by Crippen LogP contribution is 2.32. The van der Waals surface area contributed by atoms with Gasteiger partial charge in [-0.05, 0) is 107 Å². The third-order valence-electron chi connectivity index (χ3n) is 11.2. The molecule has 81 heavy (non-hydrogen) atoms. The van der Waals surface area contributed by atoms with Gasteiger partial charge in [0, 0.05) is 64.1 Å². The zero-order chi connectivity index (χ0) is 59.4. The van der Waals surface area contributed by atoms with Gasteiger partial charge in [-0.15, -0.1) is 9.80 Å². The number of imide groups is 2. The van der Waals surface area contributed by atoms with E-state index in [0.717, 1.165) is 6.54 Å². The van der Waals surface area contributed by atoms with Crippen molar-refractivity contribution in [3.8, 4) is 22.8 Å². The molecule has 0 aromatic carbocycles. The van der Waals surface area contributed by atoms with Crippen molar-refractivity contribution < 1.29 is 47.6 Å². The summed E-state index contributed by atoms with van der Waals surface area (Å²) in [7, 11) is 0. The van der Waals surface area contributed by atoms with Crippen LogP contribution >= 0.6 is 11.6 Å². The quantitative estimate of drug-likeness (QED) is 0.0911. The maximum Gasteiger partial charge on any atom is 0.427 e. The summed E-state index contributed by atoms with van der Waals surface area (Å²) < 4.78 is 36.6. The van der Waals surface area contributed by atoms with E-state index in [1.807, 2.05) is 9.13 Å². The van der Waals surface area contributed by atoms with Crippen LogP contribution in [0.1, 0.15) is 111 Å². The Kier molecular flexibility index (Phi) is 18.7. The van der Waals surface area contributed by atoms with Gasteiger partial charge in [-0.25, -0.2) is 69.0 Å². The molecule has 4 amide bonds. The van der Waals surface area contributed by atoms with Gasteiger partial charge in [0.05, 0.1) is 43.9 Å². The van der Waals surface area contributed by atoms with Crippen LogP contribution in [0.2, 0.25) is 5.28 Å². The van der Waals surface area contributed by atoms with Gasteiger partial charge in [-0.2, -0.15) is 0 Å². The molecule has 2 aliphatic rings. The third kappa shape index (κ3) is 16.1. The Hall–Kier alpha value is -7.45. The second kappa shape index (κ2) is 24.7. The summed E-state index contributed by atoms with van der Waals surface area (Å²) in [6.45, 7) is 35.1. The topological polar surface area (TPSA) is 275 Å². The van der Waals surface area contributed by atoms with E-state index in [1.54, 1.807) is 89.4 Å². The molecule has 0 atom stereocenters. The standard InChI is InChI=1S/C27H37ClN8O5.C27H38N8O5/c1-16(2)15-35-21-18(31-22(35)28)20(34-9-11-39-12-10-34)32-19(33-21)17-13-29-23(30-14-17)36(24(37)40-26(3,4)5)25(38)41-27(6,7)8;1-17(2)15-34-16-30-19-21(33-9-11-38-12-10-33)31-20(32-22(19)34)18-13-28-23(29-14-18)35(24(36)39-26(3,4)5)25(37)40-27(6,7)8/h13-14,16H,9-12,15H2,1-8H3;13-14,16-17H,9-12,15H2,1-8H3. The number of anilines is 4. The average molecular weight is 1140 g/mol. The lowest BCUT2D eigenvalue weighted by Gasteiger charge is -2.28. The number of aromatic nitrogens is 12. The Morgan fingerprint density at radius 2 is 0.877 bits per heavy atom. The second-order valence-electron chi connectivity index (χ2n) is 24.1. The predicted molar refractivity (Wildman–Crippen MR) is 303 cm³/mol. The number of hydrogen-bond acceptors (Lipinski definition) is 22. The number of rotatable bonds is 10. The fourth-order valence-electron chi connectivity index (χ4n) is 8.00. The molecule has 6 aromatic rings. The molecule has 8 heterocycles. The van der Waals surface area contributed by atoms with E-state index in [4.69, 9.17) is 60.0 Å². The number of halogens is 1. The zero-order valence-corrected chi connectivity index (χ0v) is 50.0. The second-order valence-corrected chi connectivity index (χ2v) is 24.4. The summed E-state index contributed by atoms with van der Waals surface area (Å²) in [6, 6.07) is 0. The number of amides is 4. The van der Waals surface area contributed by atoms with Crippen LogP contribution < -0.4 is 19.6 Å². The summed E-state index contributed by atoms with van der Waals surface area (Å²) >= 11 is 6.55. The molecule has 27 heteroatoms. The SMILES string of the molecule is CC(C)Cn1c(Cl)nc2c(N3CCOCC3)nc(-c3cnc(N(C(=O)OC(C)(C)C)C(=O)OC(C)(C)C)nc3)nc21.CC(C)Cn1cnc2c(N3CCOCC3)nc(-c3cnc(N(C(=O)OC(C)(C)C)C(=O)OC(C)(C)C)nc3)nc21. The Bertz CT molecular complexity index is 3130.